The van der Waals surface area contributed by atoms with Crippen LogP contribution in [0, 0.1) is 0 Å². The van der Waals surface area contributed by atoms with E-state index in [1.165, 1.54) is 28.7 Å². The molecule has 2 aliphatic rings. The minimum Gasteiger partial charge on any atom is -0.379 e. The predicted octanol–water partition coefficient (Wildman–Crippen LogP) is 2.97. The Hall–Kier alpha value is -0.950. The number of nitrogens with one attached hydrogen (secondary N) is 1. The molecule has 0 bridgehead atoms. The molecule has 0 atom stereocenters. The first kappa shape index (κ1) is 15.6. The molecule has 1 aliphatic heterocycles. The molecule has 0 saturated carbocycles. The number of ether oxygens (including phenoxy) is 1. The molecule has 0 unspecified atom stereocenters. The smallest absolute Gasteiger partial charge is 0.225 e. The molecule has 124 valence electrons. The summed E-state index contributed by atoms with van der Waals surface area (Å²) in [5.41, 5.74) is 1.44. The van der Waals surface area contributed by atoms with Crippen molar-refractivity contribution in [1.82, 2.24) is 14.9 Å². The Labute approximate surface area is 145 Å². The molecule has 0 amide bonds. The number of aromatic nitrogens is 2. The van der Waals surface area contributed by atoms with Gasteiger partial charge in [-0.05, 0) is 49.4 Å². The summed E-state index contributed by atoms with van der Waals surface area (Å²) in [4.78, 5) is 13.8. The van der Waals surface area contributed by atoms with E-state index in [0.29, 0.717) is 5.28 Å². The molecule has 0 spiro atoms. The van der Waals surface area contributed by atoms with Gasteiger partial charge in [-0.2, -0.15) is 0 Å². The van der Waals surface area contributed by atoms with Crippen LogP contribution in [0.15, 0.2) is 0 Å². The van der Waals surface area contributed by atoms with Crippen molar-refractivity contribution in [1.29, 1.82) is 0 Å². The minimum atomic E-state index is 0.341. The zero-order valence-electron chi connectivity index (χ0n) is 13.1. The van der Waals surface area contributed by atoms with E-state index >= 15 is 0 Å². The molecule has 7 heteroatoms. The van der Waals surface area contributed by atoms with Crippen molar-refractivity contribution in [2.75, 3.05) is 44.7 Å². The average Bonchev–Trinajstić information content (AvgIpc) is 3.12. The van der Waals surface area contributed by atoms with Gasteiger partial charge in [0.25, 0.3) is 0 Å². The predicted molar refractivity (Wildman–Crippen MR) is 94.8 cm³/mol. The number of nitrogens with zero attached hydrogens (tertiary/aromatic N) is 3. The number of halogens is 1. The zero-order valence-corrected chi connectivity index (χ0v) is 14.7. The third-order valence-corrected chi connectivity index (χ3v) is 5.94. The molecule has 3 heterocycles. The molecule has 1 aliphatic carbocycles. The van der Waals surface area contributed by atoms with Crippen LogP contribution in [0.4, 0.5) is 5.82 Å². The van der Waals surface area contributed by atoms with Crippen molar-refractivity contribution in [3.8, 4) is 0 Å². The lowest BCUT2D eigenvalue weighted by Gasteiger charge is -2.26. The maximum Gasteiger partial charge on any atom is 0.225 e. The SMILES string of the molecule is Clc1nc(NCCCN2CCOCC2)c2c3c(sc2n1)CCC3. The number of morpholine rings is 1. The summed E-state index contributed by atoms with van der Waals surface area (Å²) in [6.45, 7) is 5.81. The first-order valence-corrected chi connectivity index (χ1v) is 9.52. The first-order valence-electron chi connectivity index (χ1n) is 8.33. The van der Waals surface area contributed by atoms with Gasteiger partial charge in [0, 0.05) is 24.5 Å². The standard InChI is InChI=1S/C16H21ClN4OS/c17-16-19-14(18-5-2-6-21-7-9-22-10-8-21)13-11-3-1-4-12(11)23-15(13)20-16/h1-10H2,(H,18,19,20). The van der Waals surface area contributed by atoms with Gasteiger partial charge in [-0.15, -0.1) is 11.3 Å². The van der Waals surface area contributed by atoms with E-state index in [4.69, 9.17) is 16.3 Å². The highest BCUT2D eigenvalue weighted by Gasteiger charge is 2.22. The van der Waals surface area contributed by atoms with Crippen LogP contribution in [0.25, 0.3) is 10.2 Å². The van der Waals surface area contributed by atoms with Crippen LogP contribution in [-0.4, -0.2) is 54.3 Å². The Morgan fingerprint density at radius 3 is 2.96 bits per heavy atom. The number of thiophene rings is 1. The van der Waals surface area contributed by atoms with Gasteiger partial charge < -0.3 is 10.1 Å². The Balaban J connectivity index is 1.43. The van der Waals surface area contributed by atoms with E-state index < -0.39 is 0 Å². The second-order valence-electron chi connectivity index (χ2n) is 6.11. The van der Waals surface area contributed by atoms with Crippen LogP contribution in [0.1, 0.15) is 23.3 Å². The summed E-state index contributed by atoms with van der Waals surface area (Å²) in [7, 11) is 0. The Bertz CT molecular complexity index is 699. The molecule has 1 saturated heterocycles. The van der Waals surface area contributed by atoms with Crippen LogP contribution in [0.5, 0.6) is 0 Å². The van der Waals surface area contributed by atoms with E-state index in [9.17, 15) is 0 Å². The summed E-state index contributed by atoms with van der Waals surface area (Å²) in [6.07, 6.45) is 4.65. The van der Waals surface area contributed by atoms with Crippen molar-refractivity contribution < 1.29 is 4.74 Å². The molecule has 5 nitrogen and oxygen atoms in total. The molecule has 4 rings (SSSR count). The number of rotatable bonds is 5. The van der Waals surface area contributed by atoms with Crippen molar-refractivity contribution in [3.63, 3.8) is 0 Å². The van der Waals surface area contributed by atoms with E-state index in [0.717, 1.165) is 62.9 Å². The topological polar surface area (TPSA) is 50.3 Å². The summed E-state index contributed by atoms with van der Waals surface area (Å²) in [5.74, 6) is 0.918. The van der Waals surface area contributed by atoms with E-state index in [1.807, 2.05) is 0 Å². The normalized spacial score (nSPS) is 18.5. The van der Waals surface area contributed by atoms with Gasteiger partial charge in [-0.3, -0.25) is 4.90 Å². The van der Waals surface area contributed by atoms with Gasteiger partial charge in [0.1, 0.15) is 10.6 Å². The lowest BCUT2D eigenvalue weighted by Crippen LogP contribution is -2.37. The second-order valence-corrected chi connectivity index (χ2v) is 7.53. The average molecular weight is 353 g/mol. The monoisotopic (exact) mass is 352 g/mol. The van der Waals surface area contributed by atoms with Gasteiger partial charge in [0.2, 0.25) is 5.28 Å². The third-order valence-electron chi connectivity index (χ3n) is 4.58. The molecule has 2 aromatic heterocycles. The molecular weight excluding hydrogens is 332 g/mol. The Morgan fingerprint density at radius 2 is 2.09 bits per heavy atom. The highest BCUT2D eigenvalue weighted by molar-refractivity contribution is 7.19. The van der Waals surface area contributed by atoms with Crippen molar-refractivity contribution >= 4 is 39.0 Å². The minimum absolute atomic E-state index is 0.341. The largest absolute Gasteiger partial charge is 0.379 e. The Kier molecular flexibility index (Phi) is 4.66. The van der Waals surface area contributed by atoms with Crippen LogP contribution in [0.3, 0.4) is 0 Å². The number of hydrogen-bond donors (Lipinski definition) is 1. The number of fused-ring (bicyclic) bond motifs is 3. The summed E-state index contributed by atoms with van der Waals surface area (Å²) < 4.78 is 5.38. The Morgan fingerprint density at radius 1 is 1.22 bits per heavy atom. The van der Waals surface area contributed by atoms with E-state index in [2.05, 4.69) is 20.2 Å². The fourth-order valence-corrected chi connectivity index (χ4v) is 4.91. The maximum atomic E-state index is 6.10. The van der Waals surface area contributed by atoms with Crippen LogP contribution in [0.2, 0.25) is 5.28 Å². The molecule has 0 radical (unpaired) electrons. The summed E-state index contributed by atoms with van der Waals surface area (Å²) in [6, 6.07) is 0. The molecule has 1 fully saturated rings. The van der Waals surface area contributed by atoms with Crippen LogP contribution >= 0.6 is 22.9 Å². The van der Waals surface area contributed by atoms with Crippen molar-refractivity contribution in [2.24, 2.45) is 0 Å². The zero-order chi connectivity index (χ0) is 15.6. The van der Waals surface area contributed by atoms with Crippen LogP contribution < -0.4 is 5.32 Å². The molecule has 1 N–H and O–H groups in total. The summed E-state index contributed by atoms with van der Waals surface area (Å²) in [5, 5.41) is 5.04. The number of aryl methyl sites for hydroxylation is 2. The molecule has 2 aromatic rings. The summed E-state index contributed by atoms with van der Waals surface area (Å²) >= 11 is 7.88. The lowest BCUT2D eigenvalue weighted by atomic mass is 10.2. The van der Waals surface area contributed by atoms with Gasteiger partial charge in [0.15, 0.2) is 0 Å². The van der Waals surface area contributed by atoms with Gasteiger partial charge >= 0.3 is 0 Å². The number of hydrogen-bond acceptors (Lipinski definition) is 6. The maximum absolute atomic E-state index is 6.10. The fraction of sp³-hybridized carbons (Fsp3) is 0.625. The van der Waals surface area contributed by atoms with Crippen molar-refractivity contribution in [3.05, 3.63) is 15.7 Å². The molecular formula is C16H21ClN4OS. The highest BCUT2D eigenvalue weighted by Crippen LogP contribution is 2.39. The van der Waals surface area contributed by atoms with Crippen molar-refractivity contribution in [2.45, 2.75) is 25.7 Å². The molecule has 0 aromatic carbocycles. The first-order chi connectivity index (χ1) is 11.3. The third kappa shape index (κ3) is 3.31. The van der Waals surface area contributed by atoms with Crippen LogP contribution in [-0.2, 0) is 17.6 Å². The quantitative estimate of drug-likeness (QED) is 0.662. The highest BCUT2D eigenvalue weighted by atomic mass is 35.5. The van der Waals surface area contributed by atoms with Gasteiger partial charge in [0.05, 0.1) is 18.6 Å². The van der Waals surface area contributed by atoms with E-state index in [1.54, 1.807) is 11.3 Å². The van der Waals surface area contributed by atoms with E-state index in [-0.39, 0.29) is 0 Å². The molecule has 23 heavy (non-hydrogen) atoms. The second kappa shape index (κ2) is 6.89. The lowest BCUT2D eigenvalue weighted by molar-refractivity contribution is 0.0378. The number of anilines is 1. The fourth-order valence-electron chi connectivity index (χ4n) is 3.43. The van der Waals surface area contributed by atoms with Gasteiger partial charge in [-0.25, -0.2) is 9.97 Å². The van der Waals surface area contributed by atoms with Gasteiger partial charge in [-0.1, -0.05) is 0 Å².